The van der Waals surface area contributed by atoms with Crippen LogP contribution in [0.5, 0.6) is 5.75 Å². The lowest BCUT2D eigenvalue weighted by molar-refractivity contribution is -0.122. The van der Waals surface area contributed by atoms with E-state index >= 15 is 0 Å². The molecule has 5 nitrogen and oxygen atoms in total. The first-order chi connectivity index (χ1) is 12.3. The van der Waals surface area contributed by atoms with Crippen molar-refractivity contribution in [2.45, 2.75) is 6.54 Å². The van der Waals surface area contributed by atoms with Gasteiger partial charge in [0.1, 0.15) is 5.75 Å². The third-order valence-electron chi connectivity index (χ3n) is 4.53. The number of hydrogen-bond donors (Lipinski definition) is 1. The van der Waals surface area contributed by atoms with Crippen LogP contribution in [0.15, 0.2) is 54.6 Å². The van der Waals surface area contributed by atoms with Gasteiger partial charge in [-0.2, -0.15) is 0 Å². The molecule has 1 saturated heterocycles. The fraction of sp³-hybridized carbons (Fsp3) is 0.350. The molecule has 0 bridgehead atoms. The Labute approximate surface area is 149 Å². The van der Waals surface area contributed by atoms with Gasteiger partial charge >= 0.3 is 0 Å². The molecule has 2 aromatic rings. The number of rotatable bonds is 6. The van der Waals surface area contributed by atoms with E-state index in [2.05, 4.69) is 39.4 Å². The summed E-state index contributed by atoms with van der Waals surface area (Å²) in [6.07, 6.45) is 0. The highest BCUT2D eigenvalue weighted by atomic mass is 16.5. The number of hydrogen-bond acceptors (Lipinski definition) is 4. The van der Waals surface area contributed by atoms with Gasteiger partial charge in [0.2, 0.25) is 5.91 Å². The fourth-order valence-corrected chi connectivity index (χ4v) is 3.10. The summed E-state index contributed by atoms with van der Waals surface area (Å²) in [6.45, 7) is 4.63. The van der Waals surface area contributed by atoms with Crippen molar-refractivity contribution in [3.63, 3.8) is 0 Å². The lowest BCUT2D eigenvalue weighted by Crippen LogP contribution is -2.49. The van der Waals surface area contributed by atoms with Crippen LogP contribution in [0.4, 0.5) is 5.69 Å². The molecule has 3 rings (SSSR count). The molecule has 1 amide bonds. The molecule has 132 valence electrons. The Balaban J connectivity index is 1.43. The minimum absolute atomic E-state index is 0.0547. The van der Waals surface area contributed by atoms with Crippen molar-refractivity contribution >= 4 is 11.6 Å². The number of nitrogens with zero attached hydrogens (tertiary/aromatic N) is 2. The summed E-state index contributed by atoms with van der Waals surface area (Å²) in [5.74, 6) is 0.860. The second kappa shape index (κ2) is 8.53. The summed E-state index contributed by atoms with van der Waals surface area (Å²) in [5, 5.41) is 2.99. The van der Waals surface area contributed by atoms with Crippen LogP contribution in [0, 0.1) is 0 Å². The van der Waals surface area contributed by atoms with E-state index in [1.807, 2.05) is 30.3 Å². The van der Waals surface area contributed by atoms with Crippen LogP contribution in [0.2, 0.25) is 0 Å². The summed E-state index contributed by atoms with van der Waals surface area (Å²) >= 11 is 0. The molecule has 0 saturated carbocycles. The molecule has 1 heterocycles. The number of ether oxygens (including phenoxy) is 1. The maximum absolute atomic E-state index is 12.2. The quantitative estimate of drug-likeness (QED) is 0.876. The first-order valence-corrected chi connectivity index (χ1v) is 8.67. The van der Waals surface area contributed by atoms with Crippen LogP contribution in [-0.4, -0.2) is 50.6 Å². The second-order valence-electron chi connectivity index (χ2n) is 6.19. The number of piperazine rings is 1. The SMILES string of the molecule is COc1ccccc1CNC(=O)CN1CCN(c2ccccc2)CC1. The molecule has 1 N–H and O–H groups in total. The zero-order valence-electron chi connectivity index (χ0n) is 14.6. The first-order valence-electron chi connectivity index (χ1n) is 8.67. The maximum Gasteiger partial charge on any atom is 0.234 e. The van der Waals surface area contributed by atoms with Crippen LogP contribution >= 0.6 is 0 Å². The van der Waals surface area contributed by atoms with Crippen molar-refractivity contribution in [2.75, 3.05) is 44.7 Å². The molecule has 0 aliphatic carbocycles. The highest BCUT2D eigenvalue weighted by Gasteiger charge is 2.19. The molecular weight excluding hydrogens is 314 g/mol. The summed E-state index contributed by atoms with van der Waals surface area (Å²) in [4.78, 5) is 16.8. The third kappa shape index (κ3) is 4.73. The van der Waals surface area contributed by atoms with Gasteiger partial charge in [-0.05, 0) is 18.2 Å². The Bertz CT molecular complexity index is 682. The number of carbonyl (C=O) groups is 1. The van der Waals surface area contributed by atoms with Crippen molar-refractivity contribution in [3.05, 3.63) is 60.2 Å². The average molecular weight is 339 g/mol. The van der Waals surface area contributed by atoms with Gasteiger partial charge in [-0.15, -0.1) is 0 Å². The Kier molecular flexibility index (Phi) is 5.90. The summed E-state index contributed by atoms with van der Waals surface area (Å²) in [5.41, 5.74) is 2.25. The molecule has 2 aromatic carbocycles. The van der Waals surface area contributed by atoms with Crippen molar-refractivity contribution < 1.29 is 9.53 Å². The number of amides is 1. The van der Waals surface area contributed by atoms with Crippen LogP contribution in [-0.2, 0) is 11.3 Å². The van der Waals surface area contributed by atoms with E-state index in [9.17, 15) is 4.79 Å². The van der Waals surface area contributed by atoms with E-state index in [-0.39, 0.29) is 5.91 Å². The third-order valence-corrected chi connectivity index (χ3v) is 4.53. The van der Waals surface area contributed by atoms with E-state index in [0.717, 1.165) is 37.5 Å². The standard InChI is InChI=1S/C20H25N3O2/c1-25-19-10-6-5-7-17(19)15-21-20(24)16-22-11-13-23(14-12-22)18-8-3-2-4-9-18/h2-10H,11-16H2,1H3,(H,21,24). The Hall–Kier alpha value is -2.53. The molecule has 0 aromatic heterocycles. The molecule has 0 atom stereocenters. The highest BCUT2D eigenvalue weighted by Crippen LogP contribution is 2.17. The van der Waals surface area contributed by atoms with Crippen molar-refractivity contribution in [2.24, 2.45) is 0 Å². The maximum atomic E-state index is 12.2. The largest absolute Gasteiger partial charge is 0.496 e. The molecule has 1 aliphatic rings. The van der Waals surface area contributed by atoms with E-state index < -0.39 is 0 Å². The van der Waals surface area contributed by atoms with Gasteiger partial charge in [0.05, 0.1) is 13.7 Å². The molecule has 0 spiro atoms. The molecular formula is C20H25N3O2. The number of benzene rings is 2. The van der Waals surface area contributed by atoms with Crippen molar-refractivity contribution in [1.82, 2.24) is 10.2 Å². The normalized spacial score (nSPS) is 15.0. The van der Waals surface area contributed by atoms with Gasteiger partial charge in [0, 0.05) is 44.0 Å². The van der Waals surface area contributed by atoms with Crippen LogP contribution < -0.4 is 15.0 Å². The number of carbonyl (C=O) groups excluding carboxylic acids is 1. The number of nitrogens with one attached hydrogen (secondary N) is 1. The lowest BCUT2D eigenvalue weighted by Gasteiger charge is -2.35. The van der Waals surface area contributed by atoms with Gasteiger partial charge in [0.15, 0.2) is 0 Å². The Morgan fingerprint density at radius 2 is 1.68 bits per heavy atom. The smallest absolute Gasteiger partial charge is 0.234 e. The predicted molar refractivity (Wildman–Crippen MR) is 99.9 cm³/mol. The molecule has 0 radical (unpaired) electrons. The zero-order valence-corrected chi connectivity index (χ0v) is 14.6. The summed E-state index contributed by atoms with van der Waals surface area (Å²) in [6, 6.07) is 18.2. The molecule has 1 fully saturated rings. The number of anilines is 1. The Morgan fingerprint density at radius 1 is 1.00 bits per heavy atom. The van der Waals surface area contributed by atoms with Crippen LogP contribution in [0.25, 0.3) is 0 Å². The minimum atomic E-state index is 0.0547. The molecule has 5 heteroatoms. The lowest BCUT2D eigenvalue weighted by atomic mass is 10.2. The predicted octanol–water partition coefficient (Wildman–Crippen LogP) is 2.13. The average Bonchev–Trinajstić information content (AvgIpc) is 2.68. The summed E-state index contributed by atoms with van der Waals surface area (Å²) in [7, 11) is 1.65. The number of methoxy groups -OCH3 is 1. The van der Waals surface area contributed by atoms with Gasteiger partial charge in [0.25, 0.3) is 0 Å². The molecule has 0 unspecified atom stereocenters. The van der Waals surface area contributed by atoms with E-state index in [1.54, 1.807) is 7.11 Å². The molecule has 1 aliphatic heterocycles. The van der Waals surface area contributed by atoms with Crippen LogP contribution in [0.3, 0.4) is 0 Å². The topological polar surface area (TPSA) is 44.8 Å². The van der Waals surface area contributed by atoms with E-state index in [1.165, 1.54) is 5.69 Å². The fourth-order valence-electron chi connectivity index (χ4n) is 3.10. The first kappa shape index (κ1) is 17.3. The van der Waals surface area contributed by atoms with Crippen molar-refractivity contribution in [3.8, 4) is 5.75 Å². The van der Waals surface area contributed by atoms with Gasteiger partial charge in [-0.3, -0.25) is 9.69 Å². The van der Waals surface area contributed by atoms with E-state index in [4.69, 9.17) is 4.74 Å². The minimum Gasteiger partial charge on any atom is -0.496 e. The zero-order chi connectivity index (χ0) is 17.5. The van der Waals surface area contributed by atoms with Gasteiger partial charge < -0.3 is 15.0 Å². The Morgan fingerprint density at radius 3 is 2.40 bits per heavy atom. The second-order valence-corrected chi connectivity index (χ2v) is 6.19. The van der Waals surface area contributed by atoms with Gasteiger partial charge in [-0.25, -0.2) is 0 Å². The highest BCUT2D eigenvalue weighted by molar-refractivity contribution is 5.78. The molecule has 25 heavy (non-hydrogen) atoms. The monoisotopic (exact) mass is 339 g/mol. The van der Waals surface area contributed by atoms with Crippen LogP contribution in [0.1, 0.15) is 5.56 Å². The summed E-state index contributed by atoms with van der Waals surface area (Å²) < 4.78 is 5.31. The van der Waals surface area contributed by atoms with Gasteiger partial charge in [-0.1, -0.05) is 36.4 Å². The van der Waals surface area contributed by atoms with E-state index in [0.29, 0.717) is 13.1 Å². The van der Waals surface area contributed by atoms with Crippen molar-refractivity contribution in [1.29, 1.82) is 0 Å². The number of para-hydroxylation sites is 2.